The maximum Gasteiger partial charge on any atom is 0.360 e. The topological polar surface area (TPSA) is 81.4 Å². The van der Waals surface area contributed by atoms with Crippen molar-refractivity contribution in [3.05, 3.63) is 21.9 Å². The van der Waals surface area contributed by atoms with E-state index in [2.05, 4.69) is 23.6 Å². The minimum absolute atomic E-state index is 0.313. The van der Waals surface area contributed by atoms with Gasteiger partial charge in [-0.2, -0.15) is 0 Å². The molecule has 0 aromatic carbocycles. The van der Waals surface area contributed by atoms with Crippen LogP contribution in [0.25, 0.3) is 0 Å². The SMILES string of the molecule is CCC(CC)Cc1nc(C(=O)OC)c(O)c(=O)n1C. The van der Waals surface area contributed by atoms with Gasteiger partial charge in [0.15, 0.2) is 5.69 Å². The summed E-state index contributed by atoms with van der Waals surface area (Å²) in [6.07, 6.45) is 2.50. The normalized spacial score (nSPS) is 10.8. The molecule has 1 aromatic rings. The molecule has 106 valence electrons. The van der Waals surface area contributed by atoms with Crippen LogP contribution in [0.2, 0.25) is 0 Å². The third kappa shape index (κ3) is 3.13. The van der Waals surface area contributed by atoms with Gasteiger partial charge in [-0.3, -0.25) is 9.36 Å². The quantitative estimate of drug-likeness (QED) is 0.813. The number of nitrogens with zero attached hydrogens (tertiary/aromatic N) is 2. The molecule has 0 unspecified atom stereocenters. The number of methoxy groups -OCH3 is 1. The summed E-state index contributed by atoms with van der Waals surface area (Å²) in [4.78, 5) is 27.4. The summed E-state index contributed by atoms with van der Waals surface area (Å²) < 4.78 is 5.79. The monoisotopic (exact) mass is 268 g/mol. The molecule has 6 nitrogen and oxygen atoms in total. The van der Waals surface area contributed by atoms with Crippen LogP contribution in [-0.4, -0.2) is 27.7 Å². The predicted octanol–water partition coefficient (Wildman–Crippen LogP) is 1.25. The van der Waals surface area contributed by atoms with Crippen molar-refractivity contribution in [1.29, 1.82) is 0 Å². The van der Waals surface area contributed by atoms with Crippen LogP contribution < -0.4 is 5.56 Å². The van der Waals surface area contributed by atoms with E-state index in [-0.39, 0.29) is 5.69 Å². The number of rotatable bonds is 5. The molecule has 1 aromatic heterocycles. The summed E-state index contributed by atoms with van der Waals surface area (Å²) in [6.45, 7) is 4.13. The second-order valence-electron chi connectivity index (χ2n) is 4.47. The first-order chi connectivity index (χ1) is 8.96. The zero-order chi connectivity index (χ0) is 14.6. The summed E-state index contributed by atoms with van der Waals surface area (Å²) in [6, 6.07) is 0. The summed E-state index contributed by atoms with van der Waals surface area (Å²) in [7, 11) is 2.72. The number of carbonyl (C=O) groups excluding carboxylic acids is 1. The van der Waals surface area contributed by atoms with E-state index in [0.29, 0.717) is 18.2 Å². The third-order valence-corrected chi connectivity index (χ3v) is 3.36. The van der Waals surface area contributed by atoms with E-state index < -0.39 is 17.3 Å². The van der Waals surface area contributed by atoms with Crippen molar-refractivity contribution in [2.75, 3.05) is 7.11 Å². The van der Waals surface area contributed by atoms with Crippen molar-refractivity contribution in [3.63, 3.8) is 0 Å². The van der Waals surface area contributed by atoms with Gasteiger partial charge in [0.1, 0.15) is 5.82 Å². The van der Waals surface area contributed by atoms with Crippen LogP contribution in [0.3, 0.4) is 0 Å². The number of aromatic nitrogens is 2. The lowest BCUT2D eigenvalue weighted by Crippen LogP contribution is -2.26. The fourth-order valence-corrected chi connectivity index (χ4v) is 1.89. The Hall–Kier alpha value is -1.85. The maximum atomic E-state index is 11.9. The largest absolute Gasteiger partial charge is 0.501 e. The van der Waals surface area contributed by atoms with E-state index in [1.165, 1.54) is 18.7 Å². The fraction of sp³-hybridized carbons (Fsp3) is 0.615. The van der Waals surface area contributed by atoms with Crippen LogP contribution in [0.5, 0.6) is 5.75 Å². The smallest absolute Gasteiger partial charge is 0.360 e. The van der Waals surface area contributed by atoms with Crippen molar-refractivity contribution in [3.8, 4) is 5.75 Å². The van der Waals surface area contributed by atoms with Gasteiger partial charge < -0.3 is 9.84 Å². The Morgan fingerprint density at radius 1 is 1.42 bits per heavy atom. The first-order valence-electron chi connectivity index (χ1n) is 6.33. The molecule has 1 N–H and O–H groups in total. The average Bonchev–Trinajstić information content (AvgIpc) is 2.43. The van der Waals surface area contributed by atoms with Crippen molar-refractivity contribution in [2.45, 2.75) is 33.1 Å². The maximum absolute atomic E-state index is 11.9. The van der Waals surface area contributed by atoms with Gasteiger partial charge in [-0.15, -0.1) is 0 Å². The van der Waals surface area contributed by atoms with E-state index in [0.717, 1.165) is 12.8 Å². The second kappa shape index (κ2) is 6.36. The van der Waals surface area contributed by atoms with Crippen LogP contribution in [0.15, 0.2) is 4.79 Å². The first-order valence-corrected chi connectivity index (χ1v) is 6.33. The van der Waals surface area contributed by atoms with Crippen LogP contribution in [0.4, 0.5) is 0 Å². The average molecular weight is 268 g/mol. The van der Waals surface area contributed by atoms with Gasteiger partial charge in [-0.05, 0) is 5.92 Å². The lowest BCUT2D eigenvalue weighted by atomic mass is 9.99. The Labute approximate surface area is 112 Å². The van der Waals surface area contributed by atoms with Gasteiger partial charge in [0.05, 0.1) is 7.11 Å². The zero-order valence-corrected chi connectivity index (χ0v) is 11.8. The molecule has 1 heterocycles. The second-order valence-corrected chi connectivity index (χ2v) is 4.47. The van der Waals surface area contributed by atoms with Crippen molar-refractivity contribution in [1.82, 2.24) is 9.55 Å². The molecule has 0 aliphatic rings. The molecule has 1 rings (SSSR count). The van der Waals surface area contributed by atoms with Crippen LogP contribution in [0.1, 0.15) is 43.0 Å². The van der Waals surface area contributed by atoms with Gasteiger partial charge in [-0.25, -0.2) is 9.78 Å². The summed E-state index contributed by atoms with van der Waals surface area (Å²) in [5, 5.41) is 9.66. The molecule has 0 aliphatic carbocycles. The van der Waals surface area contributed by atoms with Gasteiger partial charge in [0, 0.05) is 13.5 Å². The van der Waals surface area contributed by atoms with Gasteiger partial charge in [0.25, 0.3) is 5.56 Å². The minimum atomic E-state index is -0.805. The van der Waals surface area contributed by atoms with E-state index in [4.69, 9.17) is 0 Å². The third-order valence-electron chi connectivity index (χ3n) is 3.36. The lowest BCUT2D eigenvalue weighted by molar-refractivity contribution is 0.0589. The predicted molar refractivity (Wildman–Crippen MR) is 70.3 cm³/mol. The molecular formula is C13H20N2O4. The Morgan fingerprint density at radius 3 is 2.47 bits per heavy atom. The molecule has 0 saturated heterocycles. The zero-order valence-electron chi connectivity index (χ0n) is 11.8. The van der Waals surface area contributed by atoms with Crippen molar-refractivity contribution in [2.24, 2.45) is 13.0 Å². The minimum Gasteiger partial charge on any atom is -0.501 e. The number of esters is 1. The molecule has 0 amide bonds. The summed E-state index contributed by atoms with van der Waals surface area (Å²) in [5.74, 6) is -0.603. The molecule has 0 fully saturated rings. The Kier molecular flexibility index (Phi) is 5.09. The highest BCUT2D eigenvalue weighted by molar-refractivity contribution is 5.89. The number of carbonyl (C=O) groups is 1. The molecule has 0 aliphatic heterocycles. The highest BCUT2D eigenvalue weighted by atomic mass is 16.5. The molecule has 0 atom stereocenters. The number of hydrogen-bond donors (Lipinski definition) is 1. The Morgan fingerprint density at radius 2 is 2.00 bits per heavy atom. The van der Waals surface area contributed by atoms with E-state index in [1.54, 1.807) is 0 Å². The van der Waals surface area contributed by atoms with Gasteiger partial charge in [-0.1, -0.05) is 26.7 Å². The fourth-order valence-electron chi connectivity index (χ4n) is 1.89. The Balaban J connectivity index is 3.29. The standard InChI is InChI=1S/C13H20N2O4/c1-5-8(6-2)7-9-14-10(13(18)19-4)11(16)12(17)15(9)3/h8,16H,5-7H2,1-4H3. The summed E-state index contributed by atoms with van der Waals surface area (Å²) in [5.41, 5.74) is -0.942. The lowest BCUT2D eigenvalue weighted by Gasteiger charge is -2.15. The number of ether oxygens (including phenoxy) is 1. The Bertz CT molecular complexity index is 518. The highest BCUT2D eigenvalue weighted by Crippen LogP contribution is 2.16. The van der Waals surface area contributed by atoms with Crippen LogP contribution >= 0.6 is 0 Å². The van der Waals surface area contributed by atoms with Crippen LogP contribution in [-0.2, 0) is 18.2 Å². The molecule has 0 spiro atoms. The van der Waals surface area contributed by atoms with Crippen LogP contribution in [0, 0.1) is 5.92 Å². The number of hydrogen-bond acceptors (Lipinski definition) is 5. The van der Waals surface area contributed by atoms with Gasteiger partial charge in [0.2, 0.25) is 5.75 Å². The van der Waals surface area contributed by atoms with Gasteiger partial charge >= 0.3 is 5.97 Å². The van der Waals surface area contributed by atoms with E-state index in [1.807, 2.05) is 0 Å². The highest BCUT2D eigenvalue weighted by Gasteiger charge is 2.21. The molecule has 19 heavy (non-hydrogen) atoms. The van der Waals surface area contributed by atoms with Crippen molar-refractivity contribution >= 4 is 5.97 Å². The van der Waals surface area contributed by atoms with Crippen molar-refractivity contribution < 1.29 is 14.6 Å². The number of aromatic hydroxyl groups is 1. The molecule has 0 bridgehead atoms. The first kappa shape index (κ1) is 15.2. The molecule has 0 saturated carbocycles. The molecule has 0 radical (unpaired) electrons. The van der Waals surface area contributed by atoms with E-state index in [9.17, 15) is 14.7 Å². The summed E-state index contributed by atoms with van der Waals surface area (Å²) >= 11 is 0. The molecular weight excluding hydrogens is 248 g/mol. The molecule has 6 heteroatoms. The van der Waals surface area contributed by atoms with E-state index >= 15 is 0 Å².